The van der Waals surface area contributed by atoms with Crippen LogP contribution in [0.4, 0.5) is 0 Å². The van der Waals surface area contributed by atoms with E-state index in [1.54, 1.807) is 0 Å². The molecule has 24 heavy (non-hydrogen) atoms. The Morgan fingerprint density at radius 3 is 2.54 bits per heavy atom. The zero-order valence-corrected chi connectivity index (χ0v) is 15.1. The summed E-state index contributed by atoms with van der Waals surface area (Å²) in [5, 5.41) is 1.27. The van der Waals surface area contributed by atoms with Gasteiger partial charge in [0.1, 0.15) is 0 Å². The van der Waals surface area contributed by atoms with Crippen LogP contribution in [-0.2, 0) is 6.54 Å². The predicted octanol–water partition coefficient (Wildman–Crippen LogP) is 6.20. The second-order valence-corrected chi connectivity index (χ2v) is 7.65. The first-order valence-corrected chi connectivity index (χ1v) is 9.42. The first-order chi connectivity index (χ1) is 11.7. The summed E-state index contributed by atoms with van der Waals surface area (Å²) >= 11 is 12.3. The van der Waals surface area contributed by atoms with Crippen molar-refractivity contribution in [2.75, 3.05) is 0 Å². The van der Waals surface area contributed by atoms with E-state index in [0.29, 0.717) is 22.1 Å². The number of halogens is 2. The quantitative estimate of drug-likeness (QED) is 0.631. The summed E-state index contributed by atoms with van der Waals surface area (Å²) in [6, 6.07) is 18.0. The Kier molecular flexibility index (Phi) is 4.67. The fourth-order valence-corrected chi connectivity index (χ4v) is 4.37. The van der Waals surface area contributed by atoms with Crippen molar-refractivity contribution in [2.24, 2.45) is 0 Å². The van der Waals surface area contributed by atoms with Gasteiger partial charge in [-0.2, -0.15) is 0 Å². The standard InChI is InChI=1S/C21H21Cl2N/c22-20-10-9-16(13-21(20)23)17-11-18-7-4-8-19(12-17)24(18)14-15-5-2-1-3-6-15/h1-3,5-6,9-11,13,18-19H,4,7-8,12,14H2. The molecule has 0 aliphatic carbocycles. The van der Waals surface area contributed by atoms with E-state index in [0.717, 1.165) is 13.0 Å². The van der Waals surface area contributed by atoms with Gasteiger partial charge in [0, 0.05) is 18.6 Å². The van der Waals surface area contributed by atoms with Crippen molar-refractivity contribution >= 4 is 28.8 Å². The highest BCUT2D eigenvalue weighted by Gasteiger charge is 2.34. The van der Waals surface area contributed by atoms with E-state index >= 15 is 0 Å². The molecule has 0 aromatic heterocycles. The van der Waals surface area contributed by atoms with Crippen molar-refractivity contribution in [1.29, 1.82) is 0 Å². The average Bonchev–Trinajstić information content (AvgIpc) is 2.58. The van der Waals surface area contributed by atoms with E-state index in [2.05, 4.69) is 47.4 Å². The molecule has 2 heterocycles. The zero-order chi connectivity index (χ0) is 16.5. The molecule has 2 atom stereocenters. The van der Waals surface area contributed by atoms with Crippen LogP contribution in [-0.4, -0.2) is 17.0 Å². The van der Waals surface area contributed by atoms with Gasteiger partial charge in [-0.1, -0.05) is 72.1 Å². The highest BCUT2D eigenvalue weighted by molar-refractivity contribution is 6.42. The van der Waals surface area contributed by atoms with E-state index < -0.39 is 0 Å². The Balaban J connectivity index is 1.61. The lowest BCUT2D eigenvalue weighted by molar-refractivity contribution is 0.0951. The van der Waals surface area contributed by atoms with Crippen molar-refractivity contribution in [1.82, 2.24) is 4.90 Å². The lowest BCUT2D eigenvalue weighted by atomic mass is 9.82. The minimum Gasteiger partial charge on any atom is -0.289 e. The van der Waals surface area contributed by atoms with E-state index in [1.165, 1.54) is 36.0 Å². The third kappa shape index (κ3) is 3.26. The van der Waals surface area contributed by atoms with E-state index in [-0.39, 0.29) is 0 Å². The summed E-state index contributed by atoms with van der Waals surface area (Å²) in [5.41, 5.74) is 4.05. The molecular formula is C21H21Cl2N. The Bertz CT molecular complexity index is 754. The second-order valence-electron chi connectivity index (χ2n) is 6.83. The molecule has 1 nitrogen and oxygen atoms in total. The topological polar surface area (TPSA) is 3.24 Å². The largest absolute Gasteiger partial charge is 0.289 e. The first kappa shape index (κ1) is 16.2. The normalized spacial score (nSPS) is 23.8. The van der Waals surface area contributed by atoms with Crippen molar-refractivity contribution in [2.45, 2.75) is 44.3 Å². The molecule has 0 saturated carbocycles. The summed E-state index contributed by atoms with van der Waals surface area (Å²) in [4.78, 5) is 2.68. The number of nitrogens with zero attached hydrogens (tertiary/aromatic N) is 1. The van der Waals surface area contributed by atoms with Crippen molar-refractivity contribution in [3.8, 4) is 0 Å². The zero-order valence-electron chi connectivity index (χ0n) is 13.6. The fourth-order valence-electron chi connectivity index (χ4n) is 4.07. The lowest BCUT2D eigenvalue weighted by Crippen LogP contribution is -2.47. The lowest BCUT2D eigenvalue weighted by Gasteiger charge is -2.45. The maximum Gasteiger partial charge on any atom is 0.0598 e. The van der Waals surface area contributed by atoms with Crippen LogP contribution in [0.25, 0.3) is 5.57 Å². The molecule has 0 spiro atoms. The summed E-state index contributed by atoms with van der Waals surface area (Å²) in [7, 11) is 0. The van der Waals surface area contributed by atoms with Crippen LogP contribution in [0.15, 0.2) is 54.6 Å². The first-order valence-electron chi connectivity index (χ1n) is 8.66. The maximum atomic E-state index is 6.22. The number of hydrogen-bond donors (Lipinski definition) is 0. The van der Waals surface area contributed by atoms with Gasteiger partial charge in [0.15, 0.2) is 0 Å². The predicted molar refractivity (Wildman–Crippen MR) is 102 cm³/mol. The molecule has 2 aromatic carbocycles. The fraction of sp³-hybridized carbons (Fsp3) is 0.333. The smallest absolute Gasteiger partial charge is 0.0598 e. The highest BCUT2D eigenvalue weighted by Crippen LogP contribution is 2.39. The maximum absolute atomic E-state index is 6.22. The molecule has 2 aromatic rings. The van der Waals surface area contributed by atoms with Crippen molar-refractivity contribution < 1.29 is 0 Å². The molecule has 0 radical (unpaired) electrons. The van der Waals surface area contributed by atoms with Gasteiger partial charge in [0.05, 0.1) is 10.0 Å². The van der Waals surface area contributed by atoms with Gasteiger partial charge in [-0.3, -0.25) is 4.90 Å². The molecule has 2 aliphatic rings. The molecule has 1 fully saturated rings. The molecule has 0 amide bonds. The monoisotopic (exact) mass is 357 g/mol. The highest BCUT2D eigenvalue weighted by atomic mass is 35.5. The minimum absolute atomic E-state index is 0.530. The number of rotatable bonds is 3. The molecule has 3 heteroatoms. The molecular weight excluding hydrogens is 337 g/mol. The van der Waals surface area contributed by atoms with Gasteiger partial charge in [-0.05, 0) is 48.1 Å². The summed E-state index contributed by atoms with van der Waals surface area (Å²) in [6.45, 7) is 1.04. The number of piperidine rings is 1. The number of benzene rings is 2. The van der Waals surface area contributed by atoms with Crippen molar-refractivity contribution in [3.05, 3.63) is 75.8 Å². The summed E-state index contributed by atoms with van der Waals surface area (Å²) < 4.78 is 0. The van der Waals surface area contributed by atoms with Gasteiger partial charge >= 0.3 is 0 Å². The van der Waals surface area contributed by atoms with Gasteiger partial charge in [0.2, 0.25) is 0 Å². The average molecular weight is 358 g/mol. The Hall–Kier alpha value is -1.28. The number of fused-ring (bicyclic) bond motifs is 2. The summed E-state index contributed by atoms with van der Waals surface area (Å²) in [5.74, 6) is 0. The van der Waals surface area contributed by atoms with Crippen LogP contribution in [0.1, 0.15) is 36.8 Å². The van der Waals surface area contributed by atoms with Crippen LogP contribution >= 0.6 is 23.2 Å². The van der Waals surface area contributed by atoms with Crippen LogP contribution in [0.2, 0.25) is 10.0 Å². The Labute approximate surface area is 153 Å². The second kappa shape index (κ2) is 6.92. The third-order valence-corrected chi connectivity index (χ3v) is 6.02. The van der Waals surface area contributed by atoms with Crippen LogP contribution in [0.5, 0.6) is 0 Å². The van der Waals surface area contributed by atoms with Gasteiger partial charge < -0.3 is 0 Å². The summed E-state index contributed by atoms with van der Waals surface area (Å²) in [6.07, 6.45) is 7.40. The molecule has 124 valence electrons. The molecule has 2 bridgehead atoms. The van der Waals surface area contributed by atoms with Gasteiger partial charge in [-0.15, -0.1) is 0 Å². The van der Waals surface area contributed by atoms with Crippen LogP contribution < -0.4 is 0 Å². The number of hydrogen-bond acceptors (Lipinski definition) is 1. The van der Waals surface area contributed by atoms with E-state index in [9.17, 15) is 0 Å². The molecule has 1 saturated heterocycles. The van der Waals surface area contributed by atoms with E-state index in [1.807, 2.05) is 12.1 Å². The third-order valence-electron chi connectivity index (χ3n) is 5.28. The van der Waals surface area contributed by atoms with Gasteiger partial charge in [0.25, 0.3) is 0 Å². The van der Waals surface area contributed by atoms with Crippen LogP contribution in [0, 0.1) is 0 Å². The Morgan fingerprint density at radius 1 is 0.958 bits per heavy atom. The molecule has 2 aliphatic heterocycles. The molecule has 0 N–H and O–H groups in total. The molecule has 4 rings (SSSR count). The Morgan fingerprint density at radius 2 is 1.79 bits per heavy atom. The van der Waals surface area contributed by atoms with E-state index in [4.69, 9.17) is 23.2 Å². The minimum atomic E-state index is 0.530. The van der Waals surface area contributed by atoms with Gasteiger partial charge in [-0.25, -0.2) is 0 Å². The SMILES string of the molecule is Clc1ccc(C2=CC3CCCC(C2)N3Cc2ccccc2)cc1Cl. The van der Waals surface area contributed by atoms with Crippen LogP contribution in [0.3, 0.4) is 0 Å². The van der Waals surface area contributed by atoms with Crippen molar-refractivity contribution in [3.63, 3.8) is 0 Å². The molecule has 2 unspecified atom stereocenters.